The average Bonchev–Trinajstić information content (AvgIpc) is 3.27. The first-order valence-electron chi connectivity index (χ1n) is 11.5. The van der Waals surface area contributed by atoms with Gasteiger partial charge in [-0.05, 0) is 48.5 Å². The lowest BCUT2D eigenvalue weighted by Gasteiger charge is -2.28. The maximum absolute atomic E-state index is 13.5. The topological polar surface area (TPSA) is 76.8 Å². The highest BCUT2D eigenvalue weighted by atomic mass is 19.1. The van der Waals surface area contributed by atoms with Crippen molar-refractivity contribution in [3.05, 3.63) is 83.4 Å². The summed E-state index contributed by atoms with van der Waals surface area (Å²) in [5, 5.41) is 4.54. The van der Waals surface area contributed by atoms with Crippen molar-refractivity contribution in [3.8, 4) is 22.8 Å². The van der Waals surface area contributed by atoms with Gasteiger partial charge in [0, 0.05) is 48.3 Å². The monoisotopic (exact) mass is 474 g/mol. The van der Waals surface area contributed by atoms with Gasteiger partial charge in [-0.25, -0.2) is 28.4 Å². The summed E-state index contributed by atoms with van der Waals surface area (Å²) in [4.78, 5) is 28.7. The molecule has 0 spiro atoms. The Kier molecular flexibility index (Phi) is 6.07. The minimum Gasteiger partial charge on any atom is -0.336 e. The Balaban J connectivity index is 1.42. The number of carbonyl (C=O) groups is 1. The number of halogens is 2. The minimum absolute atomic E-state index is 0.0405. The fourth-order valence-electron chi connectivity index (χ4n) is 4.04. The standard InChI is InChI=1S/C26H24F2N6O/c1-16(2)24-29-13-19-14-33(12-11-22(19)30-24)23(35)15-34-26(18-5-9-21(28)10-6-18)31-25(32-34)17-3-7-20(27)8-4-17/h3-10,13,16H,11-12,14-15H2,1-2H3. The summed E-state index contributed by atoms with van der Waals surface area (Å²) >= 11 is 0. The van der Waals surface area contributed by atoms with E-state index in [0.29, 0.717) is 42.3 Å². The molecule has 9 heteroatoms. The highest BCUT2D eigenvalue weighted by Crippen LogP contribution is 2.24. The summed E-state index contributed by atoms with van der Waals surface area (Å²) in [5.41, 5.74) is 3.17. The number of benzene rings is 2. The van der Waals surface area contributed by atoms with Crippen molar-refractivity contribution in [1.82, 2.24) is 29.6 Å². The zero-order chi connectivity index (χ0) is 24.5. The molecule has 178 valence electrons. The Morgan fingerprint density at radius 3 is 2.29 bits per heavy atom. The fraction of sp³-hybridized carbons (Fsp3) is 0.269. The Bertz CT molecular complexity index is 1370. The Morgan fingerprint density at radius 2 is 1.63 bits per heavy atom. The summed E-state index contributed by atoms with van der Waals surface area (Å²) in [7, 11) is 0. The van der Waals surface area contributed by atoms with Gasteiger partial charge >= 0.3 is 0 Å². The first-order valence-corrected chi connectivity index (χ1v) is 11.5. The Morgan fingerprint density at radius 1 is 0.971 bits per heavy atom. The van der Waals surface area contributed by atoms with Crippen molar-refractivity contribution in [3.63, 3.8) is 0 Å². The van der Waals surface area contributed by atoms with Gasteiger partial charge in [-0.2, -0.15) is 0 Å². The van der Waals surface area contributed by atoms with Crippen molar-refractivity contribution in [2.24, 2.45) is 0 Å². The number of amides is 1. The molecule has 2 aromatic heterocycles. The quantitative estimate of drug-likeness (QED) is 0.429. The highest BCUT2D eigenvalue weighted by molar-refractivity contribution is 5.77. The van der Waals surface area contributed by atoms with Gasteiger partial charge in [-0.3, -0.25) is 4.79 Å². The van der Waals surface area contributed by atoms with E-state index in [0.717, 1.165) is 17.1 Å². The van der Waals surface area contributed by atoms with Crippen molar-refractivity contribution in [2.45, 2.75) is 39.3 Å². The molecule has 7 nitrogen and oxygen atoms in total. The molecular formula is C26H24F2N6O. The number of rotatable bonds is 5. The summed E-state index contributed by atoms with van der Waals surface area (Å²) in [6, 6.07) is 11.7. The number of hydrogen-bond acceptors (Lipinski definition) is 5. The van der Waals surface area contributed by atoms with Crippen molar-refractivity contribution in [1.29, 1.82) is 0 Å². The summed E-state index contributed by atoms with van der Waals surface area (Å²) in [6.45, 7) is 5.04. The lowest BCUT2D eigenvalue weighted by atomic mass is 10.1. The summed E-state index contributed by atoms with van der Waals surface area (Å²) < 4.78 is 28.4. The second-order valence-electron chi connectivity index (χ2n) is 8.85. The smallest absolute Gasteiger partial charge is 0.244 e. The molecule has 2 aromatic carbocycles. The van der Waals surface area contributed by atoms with Crippen LogP contribution in [0.3, 0.4) is 0 Å². The molecule has 3 heterocycles. The van der Waals surface area contributed by atoms with Crippen LogP contribution in [0.5, 0.6) is 0 Å². The van der Waals surface area contributed by atoms with E-state index in [9.17, 15) is 13.6 Å². The predicted octanol–water partition coefficient (Wildman–Crippen LogP) is 4.39. The predicted molar refractivity (Wildman–Crippen MR) is 126 cm³/mol. The SMILES string of the molecule is CC(C)c1ncc2c(n1)CCN(C(=O)Cn1nc(-c3ccc(F)cc3)nc1-c1ccc(F)cc1)C2. The van der Waals surface area contributed by atoms with Gasteiger partial charge in [0.15, 0.2) is 11.6 Å². The summed E-state index contributed by atoms with van der Waals surface area (Å²) in [5.74, 6) is 0.982. The van der Waals surface area contributed by atoms with Gasteiger partial charge in [0.05, 0.1) is 5.69 Å². The molecule has 0 aliphatic carbocycles. The molecule has 0 bridgehead atoms. The van der Waals surface area contributed by atoms with Gasteiger partial charge in [0.1, 0.15) is 24.0 Å². The third kappa shape index (κ3) is 4.80. The molecule has 5 rings (SSSR count). The van der Waals surface area contributed by atoms with Gasteiger partial charge in [-0.1, -0.05) is 13.8 Å². The molecule has 0 atom stereocenters. The maximum atomic E-state index is 13.5. The van der Waals surface area contributed by atoms with Crippen LogP contribution in [0.25, 0.3) is 22.8 Å². The van der Waals surface area contributed by atoms with Crippen molar-refractivity contribution < 1.29 is 13.6 Å². The van der Waals surface area contributed by atoms with Crippen LogP contribution in [0.1, 0.15) is 36.8 Å². The molecule has 4 aromatic rings. The molecule has 0 radical (unpaired) electrons. The minimum atomic E-state index is -0.371. The van der Waals surface area contributed by atoms with Crippen LogP contribution in [-0.2, 0) is 24.3 Å². The second kappa shape index (κ2) is 9.32. The number of hydrogen-bond donors (Lipinski definition) is 0. The lowest BCUT2D eigenvalue weighted by molar-refractivity contribution is -0.133. The lowest BCUT2D eigenvalue weighted by Crippen LogP contribution is -2.38. The molecule has 35 heavy (non-hydrogen) atoms. The Hall–Kier alpha value is -4.01. The molecule has 1 aliphatic rings. The van der Waals surface area contributed by atoms with Gasteiger partial charge in [0.2, 0.25) is 5.91 Å². The van der Waals surface area contributed by atoms with E-state index in [1.807, 2.05) is 6.20 Å². The van der Waals surface area contributed by atoms with Crippen LogP contribution in [0.2, 0.25) is 0 Å². The molecule has 1 amide bonds. The van der Waals surface area contributed by atoms with E-state index in [2.05, 4.69) is 33.9 Å². The van der Waals surface area contributed by atoms with E-state index < -0.39 is 0 Å². The third-order valence-corrected chi connectivity index (χ3v) is 5.98. The molecular weight excluding hydrogens is 450 g/mol. The second-order valence-corrected chi connectivity index (χ2v) is 8.85. The van der Waals surface area contributed by atoms with Crippen LogP contribution in [-0.4, -0.2) is 42.1 Å². The average molecular weight is 475 g/mol. The Labute approximate surface area is 201 Å². The molecule has 0 fully saturated rings. The van der Waals surface area contributed by atoms with E-state index in [1.165, 1.54) is 28.9 Å². The normalized spacial score (nSPS) is 13.2. The van der Waals surface area contributed by atoms with Crippen LogP contribution in [0.15, 0.2) is 54.7 Å². The maximum Gasteiger partial charge on any atom is 0.244 e. The van der Waals surface area contributed by atoms with Crippen molar-refractivity contribution >= 4 is 5.91 Å². The molecule has 0 saturated heterocycles. The number of fused-ring (bicyclic) bond motifs is 1. The highest BCUT2D eigenvalue weighted by Gasteiger charge is 2.25. The van der Waals surface area contributed by atoms with E-state index in [-0.39, 0.29) is 30.0 Å². The molecule has 0 N–H and O–H groups in total. The fourth-order valence-corrected chi connectivity index (χ4v) is 4.04. The first kappa shape index (κ1) is 22.8. The van der Waals surface area contributed by atoms with Gasteiger partial charge in [0.25, 0.3) is 0 Å². The largest absolute Gasteiger partial charge is 0.336 e. The third-order valence-electron chi connectivity index (χ3n) is 5.98. The van der Waals surface area contributed by atoms with Gasteiger partial charge in [-0.15, -0.1) is 5.10 Å². The van der Waals surface area contributed by atoms with Crippen LogP contribution >= 0.6 is 0 Å². The summed E-state index contributed by atoms with van der Waals surface area (Å²) in [6.07, 6.45) is 2.47. The van der Waals surface area contributed by atoms with Crippen molar-refractivity contribution in [2.75, 3.05) is 6.54 Å². The van der Waals surface area contributed by atoms with Crippen LogP contribution in [0, 0.1) is 11.6 Å². The number of aromatic nitrogens is 5. The zero-order valence-electron chi connectivity index (χ0n) is 19.4. The molecule has 0 unspecified atom stereocenters. The van der Waals surface area contributed by atoms with Gasteiger partial charge < -0.3 is 4.90 Å². The number of nitrogens with zero attached hydrogens (tertiary/aromatic N) is 6. The van der Waals surface area contributed by atoms with Crippen LogP contribution < -0.4 is 0 Å². The van der Waals surface area contributed by atoms with E-state index in [4.69, 9.17) is 0 Å². The zero-order valence-corrected chi connectivity index (χ0v) is 19.4. The molecule has 0 saturated carbocycles. The molecule has 1 aliphatic heterocycles. The van der Waals surface area contributed by atoms with Crippen LogP contribution in [0.4, 0.5) is 8.78 Å². The first-order chi connectivity index (χ1) is 16.9. The van der Waals surface area contributed by atoms with E-state index >= 15 is 0 Å². The number of carbonyl (C=O) groups excluding carboxylic acids is 1. The van der Waals surface area contributed by atoms with E-state index in [1.54, 1.807) is 29.2 Å².